The zero-order valence-corrected chi connectivity index (χ0v) is 17.7. The summed E-state index contributed by atoms with van der Waals surface area (Å²) < 4.78 is 28.2. The van der Waals surface area contributed by atoms with Gasteiger partial charge >= 0.3 is 0 Å². The zero-order chi connectivity index (χ0) is 20.5. The van der Waals surface area contributed by atoms with Gasteiger partial charge in [0.1, 0.15) is 0 Å². The second-order valence-corrected chi connectivity index (χ2v) is 9.60. The minimum absolute atomic E-state index is 0.0604. The van der Waals surface area contributed by atoms with E-state index in [9.17, 15) is 13.2 Å². The Morgan fingerprint density at radius 2 is 1.71 bits per heavy atom. The van der Waals surface area contributed by atoms with E-state index in [0.717, 1.165) is 29.7 Å². The van der Waals surface area contributed by atoms with Crippen molar-refractivity contribution >= 4 is 27.3 Å². The number of sulfonamides is 1. The number of carbonyl (C=O) groups is 1. The number of hydrogen-bond acceptors (Lipinski definition) is 3. The number of rotatable bonds is 5. The van der Waals surface area contributed by atoms with Crippen molar-refractivity contribution in [3.63, 3.8) is 0 Å². The Bertz CT molecular complexity index is 964. The van der Waals surface area contributed by atoms with Crippen molar-refractivity contribution < 1.29 is 13.2 Å². The molecular formula is C22H28N2O3S. The Labute approximate surface area is 167 Å². The number of anilines is 2. The van der Waals surface area contributed by atoms with E-state index < -0.39 is 10.0 Å². The number of benzene rings is 2. The topological polar surface area (TPSA) is 66.5 Å². The van der Waals surface area contributed by atoms with Crippen molar-refractivity contribution in [3.8, 4) is 0 Å². The molecule has 0 saturated carbocycles. The van der Waals surface area contributed by atoms with Gasteiger partial charge in [-0.25, -0.2) is 8.42 Å². The van der Waals surface area contributed by atoms with Crippen molar-refractivity contribution in [2.24, 2.45) is 5.92 Å². The molecule has 0 bridgehead atoms. The molecule has 3 rings (SSSR count). The molecule has 28 heavy (non-hydrogen) atoms. The second kappa shape index (κ2) is 7.95. The van der Waals surface area contributed by atoms with Crippen LogP contribution in [0.15, 0.2) is 47.4 Å². The molecule has 0 spiro atoms. The minimum Gasteiger partial charge on any atom is -0.312 e. The summed E-state index contributed by atoms with van der Waals surface area (Å²) in [7, 11) is -3.69. The molecule has 1 heterocycles. The van der Waals surface area contributed by atoms with Gasteiger partial charge in [0.25, 0.3) is 10.0 Å². The molecule has 1 amide bonds. The molecule has 1 N–H and O–H groups in total. The lowest BCUT2D eigenvalue weighted by molar-refractivity contribution is -0.121. The first-order valence-corrected chi connectivity index (χ1v) is 11.2. The first-order chi connectivity index (χ1) is 13.2. The molecule has 0 unspecified atom stereocenters. The number of carbonyl (C=O) groups excluding carboxylic acids is 1. The highest BCUT2D eigenvalue weighted by atomic mass is 32.2. The molecule has 1 aliphatic heterocycles. The Kier molecular flexibility index (Phi) is 5.79. The van der Waals surface area contributed by atoms with E-state index in [1.165, 1.54) is 0 Å². The fraction of sp³-hybridized carbons (Fsp3) is 0.409. The second-order valence-electron chi connectivity index (χ2n) is 7.92. The van der Waals surface area contributed by atoms with Gasteiger partial charge in [-0.05, 0) is 54.2 Å². The van der Waals surface area contributed by atoms with E-state index in [1.54, 1.807) is 29.2 Å². The smallest absolute Gasteiger partial charge is 0.261 e. The highest BCUT2D eigenvalue weighted by Crippen LogP contribution is 2.32. The maximum Gasteiger partial charge on any atom is 0.261 e. The SMILES string of the molecule is CC(C)C(=O)N1CCCc2ccc(NS(=O)(=O)c3ccc(C(C)C)cc3)cc21. The van der Waals surface area contributed by atoms with Gasteiger partial charge in [0.15, 0.2) is 0 Å². The Morgan fingerprint density at radius 3 is 2.32 bits per heavy atom. The molecule has 2 aromatic carbocycles. The fourth-order valence-corrected chi connectivity index (χ4v) is 4.47. The van der Waals surface area contributed by atoms with E-state index in [-0.39, 0.29) is 16.7 Å². The van der Waals surface area contributed by atoms with Crippen LogP contribution in [0.4, 0.5) is 11.4 Å². The molecule has 1 aliphatic rings. The van der Waals surface area contributed by atoms with E-state index in [1.807, 2.05) is 32.0 Å². The van der Waals surface area contributed by atoms with Crippen LogP contribution in [-0.2, 0) is 21.2 Å². The van der Waals surface area contributed by atoms with Crippen molar-refractivity contribution in [1.82, 2.24) is 0 Å². The van der Waals surface area contributed by atoms with Crippen molar-refractivity contribution in [3.05, 3.63) is 53.6 Å². The number of amides is 1. The average molecular weight is 401 g/mol. The van der Waals surface area contributed by atoms with E-state index in [4.69, 9.17) is 0 Å². The maximum absolute atomic E-state index is 12.8. The van der Waals surface area contributed by atoms with Crippen LogP contribution in [0.5, 0.6) is 0 Å². The lowest BCUT2D eigenvalue weighted by Gasteiger charge is -2.31. The van der Waals surface area contributed by atoms with Crippen molar-refractivity contribution in [2.45, 2.75) is 51.3 Å². The number of fused-ring (bicyclic) bond motifs is 1. The molecule has 0 atom stereocenters. The van der Waals surface area contributed by atoms with Crippen LogP contribution < -0.4 is 9.62 Å². The first kappa shape index (κ1) is 20.4. The van der Waals surface area contributed by atoms with Crippen LogP contribution in [0, 0.1) is 5.92 Å². The normalized spacial score (nSPS) is 14.3. The van der Waals surface area contributed by atoms with Gasteiger partial charge in [0.05, 0.1) is 10.6 Å². The largest absolute Gasteiger partial charge is 0.312 e. The number of nitrogens with one attached hydrogen (secondary N) is 1. The number of aryl methyl sites for hydroxylation is 1. The third-order valence-electron chi connectivity index (χ3n) is 5.07. The van der Waals surface area contributed by atoms with Crippen LogP contribution >= 0.6 is 0 Å². The van der Waals surface area contributed by atoms with E-state index in [0.29, 0.717) is 18.2 Å². The van der Waals surface area contributed by atoms with Gasteiger partial charge in [-0.2, -0.15) is 0 Å². The Balaban J connectivity index is 1.88. The van der Waals surface area contributed by atoms with Crippen LogP contribution in [-0.4, -0.2) is 20.9 Å². The van der Waals surface area contributed by atoms with Crippen LogP contribution in [0.3, 0.4) is 0 Å². The monoisotopic (exact) mass is 400 g/mol. The lowest BCUT2D eigenvalue weighted by atomic mass is 9.99. The van der Waals surface area contributed by atoms with Crippen molar-refractivity contribution in [2.75, 3.05) is 16.2 Å². The predicted octanol–water partition coefficient (Wildman–Crippen LogP) is 4.55. The molecule has 0 aromatic heterocycles. The summed E-state index contributed by atoms with van der Waals surface area (Å²) in [4.78, 5) is 14.6. The average Bonchev–Trinajstić information content (AvgIpc) is 2.66. The van der Waals surface area contributed by atoms with Gasteiger partial charge in [-0.3, -0.25) is 9.52 Å². The molecule has 2 aromatic rings. The summed E-state index contributed by atoms with van der Waals surface area (Å²) in [6, 6.07) is 12.4. The fourth-order valence-electron chi connectivity index (χ4n) is 3.42. The van der Waals surface area contributed by atoms with Crippen LogP contribution in [0.25, 0.3) is 0 Å². The molecule has 5 nitrogen and oxygen atoms in total. The number of hydrogen-bond donors (Lipinski definition) is 1. The summed E-state index contributed by atoms with van der Waals surface area (Å²) in [5, 5.41) is 0. The molecule has 150 valence electrons. The predicted molar refractivity (Wildman–Crippen MR) is 113 cm³/mol. The van der Waals surface area contributed by atoms with Gasteiger partial charge in [0, 0.05) is 18.2 Å². The molecule has 0 fully saturated rings. The molecule has 6 heteroatoms. The third-order valence-corrected chi connectivity index (χ3v) is 6.47. The summed E-state index contributed by atoms with van der Waals surface area (Å²) in [5.74, 6) is 0.297. The lowest BCUT2D eigenvalue weighted by Crippen LogP contribution is -2.38. The van der Waals surface area contributed by atoms with Gasteiger partial charge in [-0.15, -0.1) is 0 Å². The summed E-state index contributed by atoms with van der Waals surface area (Å²) in [6.45, 7) is 8.56. The quantitative estimate of drug-likeness (QED) is 0.801. The molecule has 0 radical (unpaired) electrons. The highest BCUT2D eigenvalue weighted by Gasteiger charge is 2.25. The first-order valence-electron chi connectivity index (χ1n) is 9.76. The molecule has 0 saturated heterocycles. The molecule has 0 aliphatic carbocycles. The van der Waals surface area contributed by atoms with Crippen LogP contribution in [0.2, 0.25) is 0 Å². The Morgan fingerprint density at radius 1 is 1.04 bits per heavy atom. The summed E-state index contributed by atoms with van der Waals surface area (Å²) in [5.41, 5.74) is 3.44. The van der Waals surface area contributed by atoms with Crippen LogP contribution in [0.1, 0.15) is 51.2 Å². The van der Waals surface area contributed by atoms with Gasteiger partial charge in [0.2, 0.25) is 5.91 Å². The standard InChI is InChI=1S/C22H28N2O3S/c1-15(2)17-8-11-20(12-9-17)28(26,27)23-19-10-7-18-6-5-13-24(21(18)14-19)22(25)16(3)4/h7-12,14-16,23H,5-6,13H2,1-4H3. The van der Waals surface area contributed by atoms with Gasteiger partial charge < -0.3 is 4.90 Å². The highest BCUT2D eigenvalue weighted by molar-refractivity contribution is 7.92. The van der Waals surface area contributed by atoms with Gasteiger partial charge in [-0.1, -0.05) is 45.9 Å². The van der Waals surface area contributed by atoms with E-state index in [2.05, 4.69) is 18.6 Å². The maximum atomic E-state index is 12.8. The summed E-state index contributed by atoms with van der Waals surface area (Å²) in [6.07, 6.45) is 1.81. The third kappa shape index (κ3) is 4.22. The zero-order valence-electron chi connectivity index (χ0n) is 16.9. The minimum atomic E-state index is -3.69. The number of nitrogens with zero attached hydrogens (tertiary/aromatic N) is 1. The van der Waals surface area contributed by atoms with Crippen molar-refractivity contribution in [1.29, 1.82) is 0 Å². The molecular weight excluding hydrogens is 372 g/mol. The Hall–Kier alpha value is -2.34. The summed E-state index contributed by atoms with van der Waals surface area (Å²) >= 11 is 0. The van der Waals surface area contributed by atoms with E-state index >= 15 is 0 Å².